The maximum Gasteiger partial charge on any atom is 0.265 e. The number of carbonyl (C=O) groups excluding carboxylic acids is 2. The molecule has 7 heteroatoms. The Hall–Kier alpha value is -3.06. The smallest absolute Gasteiger partial charge is 0.265 e. The van der Waals surface area contributed by atoms with Gasteiger partial charge in [-0.15, -0.1) is 0 Å². The molecule has 1 heterocycles. The molecule has 2 aromatic rings. The first-order valence-electron chi connectivity index (χ1n) is 8.65. The molecule has 3 rings (SSSR count). The van der Waals surface area contributed by atoms with E-state index < -0.39 is 17.9 Å². The van der Waals surface area contributed by atoms with Crippen molar-refractivity contribution in [2.24, 2.45) is 5.73 Å². The molecule has 2 amide bonds. The van der Waals surface area contributed by atoms with E-state index in [2.05, 4.69) is 0 Å². The molecule has 0 aliphatic carbocycles. The third kappa shape index (κ3) is 3.21. The number of ether oxygens (including phenoxy) is 2. The molecule has 0 saturated heterocycles. The summed E-state index contributed by atoms with van der Waals surface area (Å²) >= 11 is 0. The molecule has 0 saturated carbocycles. The minimum atomic E-state index is -0.528. The molecule has 1 atom stereocenters. The highest BCUT2D eigenvalue weighted by Crippen LogP contribution is 2.39. The molecule has 2 aromatic carbocycles. The normalized spacial score (nSPS) is 14.3. The Balaban J connectivity index is 2.05. The van der Waals surface area contributed by atoms with Gasteiger partial charge in [-0.1, -0.05) is 12.1 Å². The largest absolute Gasteiger partial charge is 0.507 e. The summed E-state index contributed by atoms with van der Waals surface area (Å²) in [4.78, 5) is 27.1. The summed E-state index contributed by atoms with van der Waals surface area (Å²) in [5, 5.41) is 10.1. The first-order valence-corrected chi connectivity index (χ1v) is 8.65. The predicted molar refractivity (Wildman–Crippen MR) is 99.2 cm³/mol. The number of aromatic hydroxyl groups is 1. The highest BCUT2D eigenvalue weighted by Gasteiger charge is 2.42. The van der Waals surface area contributed by atoms with Crippen molar-refractivity contribution in [3.63, 3.8) is 0 Å². The highest BCUT2D eigenvalue weighted by atomic mass is 16.5. The number of phenols is 1. The molecular weight excluding hydrogens is 348 g/mol. The molecule has 1 aliphatic rings. The van der Waals surface area contributed by atoms with Gasteiger partial charge in [-0.05, 0) is 49.2 Å². The quantitative estimate of drug-likeness (QED) is 0.726. The van der Waals surface area contributed by atoms with Crippen molar-refractivity contribution in [2.75, 3.05) is 20.8 Å². The van der Waals surface area contributed by atoms with Crippen LogP contribution in [0.25, 0.3) is 0 Å². The average molecular weight is 370 g/mol. The van der Waals surface area contributed by atoms with Crippen molar-refractivity contribution in [3.8, 4) is 17.2 Å². The first-order chi connectivity index (χ1) is 13.0. The van der Waals surface area contributed by atoms with Crippen LogP contribution in [0, 0.1) is 0 Å². The van der Waals surface area contributed by atoms with Crippen LogP contribution in [-0.4, -0.2) is 42.6 Å². The fourth-order valence-corrected chi connectivity index (χ4v) is 3.38. The van der Waals surface area contributed by atoms with Crippen LogP contribution in [0.2, 0.25) is 0 Å². The number of hydrogen-bond donors (Lipinski definition) is 2. The minimum absolute atomic E-state index is 0.0423. The summed E-state index contributed by atoms with van der Waals surface area (Å²) in [5.41, 5.74) is 6.64. The van der Waals surface area contributed by atoms with Gasteiger partial charge in [-0.3, -0.25) is 14.5 Å². The van der Waals surface area contributed by atoms with Gasteiger partial charge in [0.2, 0.25) is 0 Å². The Morgan fingerprint density at radius 3 is 2.44 bits per heavy atom. The number of hydrogen-bond acceptors (Lipinski definition) is 6. The Labute approximate surface area is 157 Å². The minimum Gasteiger partial charge on any atom is -0.507 e. The SMILES string of the molecule is COc1ccc(C(CCCN)N2C(=O)c3cccc(O)c3C2=O)cc1OC. The van der Waals surface area contributed by atoms with E-state index in [1.807, 2.05) is 0 Å². The van der Waals surface area contributed by atoms with Gasteiger partial charge >= 0.3 is 0 Å². The third-order valence-electron chi connectivity index (χ3n) is 4.71. The van der Waals surface area contributed by atoms with Crippen LogP contribution in [-0.2, 0) is 0 Å². The van der Waals surface area contributed by atoms with Crippen LogP contribution in [0.15, 0.2) is 36.4 Å². The van der Waals surface area contributed by atoms with E-state index in [1.54, 1.807) is 30.3 Å². The van der Waals surface area contributed by atoms with Crippen LogP contribution >= 0.6 is 0 Å². The van der Waals surface area contributed by atoms with Crippen LogP contribution in [0.3, 0.4) is 0 Å². The molecule has 0 spiro atoms. The molecular formula is C20H22N2O5. The van der Waals surface area contributed by atoms with Crippen molar-refractivity contribution in [2.45, 2.75) is 18.9 Å². The van der Waals surface area contributed by atoms with E-state index in [-0.39, 0.29) is 16.9 Å². The van der Waals surface area contributed by atoms with Crippen LogP contribution in [0.1, 0.15) is 45.2 Å². The van der Waals surface area contributed by atoms with E-state index in [1.165, 1.54) is 25.2 Å². The van der Waals surface area contributed by atoms with E-state index in [4.69, 9.17) is 15.2 Å². The van der Waals surface area contributed by atoms with E-state index >= 15 is 0 Å². The molecule has 142 valence electrons. The average Bonchev–Trinajstić information content (AvgIpc) is 2.94. The van der Waals surface area contributed by atoms with E-state index in [9.17, 15) is 14.7 Å². The van der Waals surface area contributed by atoms with E-state index in [0.717, 1.165) is 5.56 Å². The van der Waals surface area contributed by atoms with Gasteiger partial charge in [0, 0.05) is 0 Å². The molecule has 0 aromatic heterocycles. The molecule has 1 aliphatic heterocycles. The molecule has 7 nitrogen and oxygen atoms in total. The molecule has 0 fully saturated rings. The van der Waals surface area contributed by atoms with Crippen molar-refractivity contribution in [1.82, 2.24) is 4.90 Å². The highest BCUT2D eigenvalue weighted by molar-refractivity contribution is 6.22. The zero-order valence-corrected chi connectivity index (χ0v) is 15.3. The van der Waals surface area contributed by atoms with Crippen LogP contribution in [0.4, 0.5) is 0 Å². The number of amides is 2. The van der Waals surface area contributed by atoms with Crippen molar-refractivity contribution >= 4 is 11.8 Å². The fraction of sp³-hybridized carbons (Fsp3) is 0.300. The van der Waals surface area contributed by atoms with Crippen molar-refractivity contribution in [1.29, 1.82) is 0 Å². The fourth-order valence-electron chi connectivity index (χ4n) is 3.38. The number of methoxy groups -OCH3 is 2. The van der Waals surface area contributed by atoms with Gasteiger partial charge in [0.1, 0.15) is 5.75 Å². The Morgan fingerprint density at radius 2 is 1.81 bits per heavy atom. The summed E-state index contributed by atoms with van der Waals surface area (Å²) in [7, 11) is 3.06. The summed E-state index contributed by atoms with van der Waals surface area (Å²) in [6, 6.07) is 9.26. The molecule has 0 radical (unpaired) electrons. The maximum atomic E-state index is 12.9. The maximum absolute atomic E-state index is 12.9. The Morgan fingerprint density at radius 1 is 1.07 bits per heavy atom. The first kappa shape index (κ1) is 18.7. The van der Waals surface area contributed by atoms with Gasteiger partial charge in [-0.25, -0.2) is 0 Å². The van der Waals surface area contributed by atoms with Crippen LogP contribution in [0.5, 0.6) is 17.2 Å². The summed E-state index contributed by atoms with van der Waals surface area (Å²) in [6.07, 6.45) is 1.12. The number of rotatable bonds is 7. The van der Waals surface area contributed by atoms with E-state index in [0.29, 0.717) is 30.9 Å². The number of fused-ring (bicyclic) bond motifs is 1. The standard InChI is InChI=1S/C20H22N2O5/c1-26-16-9-8-12(11-17(16)27-2)14(6-4-10-21)22-19(24)13-5-3-7-15(23)18(13)20(22)25/h3,5,7-9,11,14,23H,4,6,10,21H2,1-2H3. The number of carbonyl (C=O) groups is 2. The Bertz CT molecular complexity index is 881. The lowest BCUT2D eigenvalue weighted by Gasteiger charge is -2.27. The molecule has 27 heavy (non-hydrogen) atoms. The lowest BCUT2D eigenvalue weighted by atomic mass is 9.99. The zero-order valence-electron chi connectivity index (χ0n) is 15.3. The zero-order chi connectivity index (χ0) is 19.6. The van der Waals surface area contributed by atoms with Gasteiger partial charge in [0.05, 0.1) is 31.4 Å². The predicted octanol–water partition coefficient (Wildman–Crippen LogP) is 2.49. The topological polar surface area (TPSA) is 102 Å². The molecule has 0 bridgehead atoms. The van der Waals surface area contributed by atoms with Gasteiger partial charge in [0.25, 0.3) is 11.8 Å². The summed E-state index contributed by atoms with van der Waals surface area (Å²) in [5.74, 6) is -0.0723. The van der Waals surface area contributed by atoms with Gasteiger partial charge < -0.3 is 20.3 Å². The summed E-state index contributed by atoms with van der Waals surface area (Å²) < 4.78 is 10.6. The Kier molecular flexibility index (Phi) is 5.32. The van der Waals surface area contributed by atoms with Crippen LogP contribution < -0.4 is 15.2 Å². The van der Waals surface area contributed by atoms with Gasteiger partial charge in [-0.2, -0.15) is 0 Å². The summed E-state index contributed by atoms with van der Waals surface area (Å²) in [6.45, 7) is 0.429. The number of imide groups is 1. The lowest BCUT2D eigenvalue weighted by molar-refractivity contribution is 0.0571. The number of nitrogens with zero attached hydrogens (tertiary/aromatic N) is 1. The molecule has 3 N–H and O–H groups in total. The van der Waals surface area contributed by atoms with Crippen molar-refractivity contribution < 1.29 is 24.2 Å². The number of benzene rings is 2. The number of phenolic OH excluding ortho intramolecular Hbond substituents is 1. The third-order valence-corrected chi connectivity index (χ3v) is 4.71. The monoisotopic (exact) mass is 370 g/mol. The second-order valence-electron chi connectivity index (χ2n) is 6.24. The number of nitrogens with two attached hydrogens (primary N) is 1. The second-order valence-corrected chi connectivity index (χ2v) is 6.24. The molecule has 1 unspecified atom stereocenters. The van der Waals surface area contributed by atoms with Crippen molar-refractivity contribution in [3.05, 3.63) is 53.1 Å². The lowest BCUT2D eigenvalue weighted by Crippen LogP contribution is -2.34. The second kappa shape index (κ2) is 7.67. The van der Waals surface area contributed by atoms with Gasteiger partial charge in [0.15, 0.2) is 11.5 Å².